The number of hydrogen-bond donors (Lipinski definition) is 3. The maximum Gasteiger partial charge on any atom is 0.317 e. The van der Waals surface area contributed by atoms with E-state index in [2.05, 4.69) is 10.6 Å². The average molecular weight is 385 g/mol. The fourth-order valence-electron chi connectivity index (χ4n) is 3.03. The molecule has 1 aliphatic rings. The van der Waals surface area contributed by atoms with Crippen molar-refractivity contribution in [2.75, 3.05) is 18.4 Å². The molecule has 0 radical (unpaired) electrons. The van der Waals surface area contributed by atoms with Crippen LogP contribution in [0.5, 0.6) is 0 Å². The Labute approximate surface area is 161 Å². The Balaban J connectivity index is 1.55. The highest BCUT2D eigenvalue weighted by molar-refractivity contribution is 6.04. The van der Waals surface area contributed by atoms with Crippen LogP contribution in [0, 0.1) is 11.7 Å². The summed E-state index contributed by atoms with van der Waals surface area (Å²) in [7, 11) is 0. The zero-order valence-corrected chi connectivity index (χ0v) is 15.0. The lowest BCUT2D eigenvalue weighted by Gasteiger charge is -2.17. The van der Waals surface area contributed by atoms with Crippen molar-refractivity contribution in [1.29, 1.82) is 0 Å². The number of carboxylic acids is 1. The van der Waals surface area contributed by atoms with Gasteiger partial charge in [-0.25, -0.2) is 9.18 Å². The maximum absolute atomic E-state index is 13.2. The van der Waals surface area contributed by atoms with Crippen molar-refractivity contribution < 1.29 is 23.9 Å². The van der Waals surface area contributed by atoms with Gasteiger partial charge in [0.2, 0.25) is 0 Å². The van der Waals surface area contributed by atoms with Gasteiger partial charge in [0.05, 0.1) is 5.92 Å². The number of rotatable bonds is 5. The third-order valence-electron chi connectivity index (χ3n) is 4.54. The number of carbonyl (C=O) groups excluding carboxylic acids is 2. The van der Waals surface area contributed by atoms with Crippen molar-refractivity contribution in [3.05, 3.63) is 65.5 Å². The van der Waals surface area contributed by atoms with E-state index in [1.54, 1.807) is 24.3 Å². The number of aliphatic carboxylic acids is 1. The Kier molecular flexibility index (Phi) is 5.88. The first kappa shape index (κ1) is 19.3. The third-order valence-corrected chi connectivity index (χ3v) is 4.54. The first-order valence-corrected chi connectivity index (χ1v) is 8.84. The molecule has 1 heterocycles. The lowest BCUT2D eigenvalue weighted by Crippen LogP contribution is -2.38. The Morgan fingerprint density at radius 2 is 1.93 bits per heavy atom. The number of nitrogens with one attached hydrogen (secondary N) is 2. The number of hydrogen-bond acceptors (Lipinski definition) is 3. The smallest absolute Gasteiger partial charge is 0.317 e. The van der Waals surface area contributed by atoms with Crippen molar-refractivity contribution in [1.82, 2.24) is 10.2 Å². The minimum Gasteiger partial charge on any atom is -0.481 e. The van der Waals surface area contributed by atoms with Crippen LogP contribution in [0.1, 0.15) is 22.3 Å². The van der Waals surface area contributed by atoms with E-state index in [0.717, 1.165) is 11.6 Å². The molecular weight excluding hydrogens is 365 g/mol. The summed E-state index contributed by atoms with van der Waals surface area (Å²) in [6, 6.07) is 12.0. The van der Waals surface area contributed by atoms with Crippen LogP contribution in [0.15, 0.2) is 48.5 Å². The minimum absolute atomic E-state index is 0.199. The van der Waals surface area contributed by atoms with Crippen molar-refractivity contribution in [2.45, 2.75) is 13.0 Å². The molecule has 1 saturated heterocycles. The van der Waals surface area contributed by atoms with E-state index >= 15 is 0 Å². The van der Waals surface area contributed by atoms with Gasteiger partial charge in [0.25, 0.3) is 5.91 Å². The van der Waals surface area contributed by atoms with Gasteiger partial charge in [-0.3, -0.25) is 9.59 Å². The molecule has 1 unspecified atom stereocenters. The molecule has 28 heavy (non-hydrogen) atoms. The molecule has 3 N–H and O–H groups in total. The van der Waals surface area contributed by atoms with Crippen molar-refractivity contribution in [3.8, 4) is 0 Å². The van der Waals surface area contributed by atoms with Crippen LogP contribution in [0.4, 0.5) is 14.9 Å². The summed E-state index contributed by atoms with van der Waals surface area (Å²) in [5, 5.41) is 14.5. The number of anilines is 1. The number of amides is 3. The molecule has 0 aliphatic carbocycles. The van der Waals surface area contributed by atoms with Crippen LogP contribution in [0.25, 0.3) is 0 Å². The third kappa shape index (κ3) is 4.85. The van der Waals surface area contributed by atoms with Gasteiger partial charge in [-0.2, -0.15) is 0 Å². The maximum atomic E-state index is 13.2. The second-order valence-electron chi connectivity index (χ2n) is 6.59. The average Bonchev–Trinajstić information content (AvgIpc) is 3.17. The van der Waals surface area contributed by atoms with Gasteiger partial charge in [-0.1, -0.05) is 18.2 Å². The number of urea groups is 1. The fraction of sp³-hybridized carbons (Fsp3) is 0.250. The second kappa shape index (κ2) is 8.51. The molecule has 0 saturated carbocycles. The van der Waals surface area contributed by atoms with E-state index in [0.29, 0.717) is 18.7 Å². The van der Waals surface area contributed by atoms with E-state index in [1.807, 2.05) is 0 Å². The predicted molar refractivity (Wildman–Crippen MR) is 100 cm³/mol. The summed E-state index contributed by atoms with van der Waals surface area (Å²) in [6.07, 6.45) is 0.449. The summed E-state index contributed by atoms with van der Waals surface area (Å²) >= 11 is 0. The first-order chi connectivity index (χ1) is 13.4. The van der Waals surface area contributed by atoms with Gasteiger partial charge in [-0.05, 0) is 42.3 Å². The van der Waals surface area contributed by atoms with E-state index in [9.17, 15) is 18.8 Å². The molecule has 3 amide bonds. The fourth-order valence-corrected chi connectivity index (χ4v) is 3.03. The van der Waals surface area contributed by atoms with Crippen LogP contribution in [0.2, 0.25) is 0 Å². The topological polar surface area (TPSA) is 98.7 Å². The molecular formula is C20H20FN3O4. The number of halogens is 1. The molecule has 3 rings (SSSR count). The number of carboxylic acid groups (broad SMARTS) is 1. The monoisotopic (exact) mass is 385 g/mol. The lowest BCUT2D eigenvalue weighted by molar-refractivity contribution is -0.141. The van der Waals surface area contributed by atoms with Gasteiger partial charge in [-0.15, -0.1) is 0 Å². The molecule has 7 nitrogen and oxygen atoms in total. The van der Waals surface area contributed by atoms with Crippen LogP contribution in [-0.2, 0) is 11.3 Å². The molecule has 2 aromatic carbocycles. The number of carbonyl (C=O) groups is 3. The van der Waals surface area contributed by atoms with E-state index < -0.39 is 23.6 Å². The highest BCUT2D eigenvalue weighted by Gasteiger charge is 2.30. The Bertz CT molecular complexity index is 903. The number of nitrogens with zero attached hydrogens (tertiary/aromatic N) is 1. The summed E-state index contributed by atoms with van der Waals surface area (Å²) in [5.41, 5.74) is 1.49. The first-order valence-electron chi connectivity index (χ1n) is 8.84. The molecule has 1 aliphatic heterocycles. The number of likely N-dealkylation sites (tertiary alicyclic amines) is 1. The quantitative estimate of drug-likeness (QED) is 0.737. The van der Waals surface area contributed by atoms with E-state index in [4.69, 9.17) is 5.11 Å². The largest absolute Gasteiger partial charge is 0.481 e. The molecule has 146 valence electrons. The summed E-state index contributed by atoms with van der Waals surface area (Å²) in [5.74, 6) is -2.34. The highest BCUT2D eigenvalue weighted by Crippen LogP contribution is 2.17. The van der Waals surface area contributed by atoms with Crippen LogP contribution >= 0.6 is 0 Å². The second-order valence-corrected chi connectivity index (χ2v) is 6.59. The summed E-state index contributed by atoms with van der Waals surface area (Å²) in [6.45, 7) is 0.841. The van der Waals surface area contributed by atoms with Gasteiger partial charge < -0.3 is 20.6 Å². The zero-order valence-electron chi connectivity index (χ0n) is 15.0. The molecule has 2 aromatic rings. The van der Waals surface area contributed by atoms with Crippen molar-refractivity contribution in [3.63, 3.8) is 0 Å². The molecule has 1 atom stereocenters. The van der Waals surface area contributed by atoms with E-state index in [1.165, 1.54) is 23.1 Å². The van der Waals surface area contributed by atoms with Gasteiger partial charge in [0.1, 0.15) is 5.82 Å². The van der Waals surface area contributed by atoms with Crippen molar-refractivity contribution >= 4 is 23.6 Å². The molecule has 1 fully saturated rings. The molecule has 0 bridgehead atoms. The molecule has 0 spiro atoms. The lowest BCUT2D eigenvalue weighted by atomic mass is 10.1. The zero-order chi connectivity index (χ0) is 20.1. The van der Waals surface area contributed by atoms with Gasteiger partial charge in [0.15, 0.2) is 0 Å². The van der Waals surface area contributed by atoms with Gasteiger partial charge >= 0.3 is 12.0 Å². The summed E-state index contributed by atoms with van der Waals surface area (Å²) < 4.78 is 13.2. The Hall–Kier alpha value is -3.42. The SMILES string of the molecule is O=C(Nc1cccc(CNC(=O)N2CCC(C(=O)O)C2)c1)c1cccc(F)c1. The Morgan fingerprint density at radius 1 is 1.14 bits per heavy atom. The molecule has 0 aromatic heterocycles. The number of benzene rings is 2. The van der Waals surface area contributed by atoms with Gasteiger partial charge in [0, 0.05) is 30.9 Å². The predicted octanol–water partition coefficient (Wildman–Crippen LogP) is 2.69. The minimum atomic E-state index is -0.892. The van der Waals surface area contributed by atoms with E-state index in [-0.39, 0.29) is 24.7 Å². The van der Waals surface area contributed by atoms with Crippen LogP contribution in [-0.4, -0.2) is 41.0 Å². The van der Waals surface area contributed by atoms with Crippen molar-refractivity contribution in [2.24, 2.45) is 5.92 Å². The molecule has 8 heteroatoms. The summed E-state index contributed by atoms with van der Waals surface area (Å²) in [4.78, 5) is 36.8. The Morgan fingerprint density at radius 3 is 2.64 bits per heavy atom. The highest BCUT2D eigenvalue weighted by atomic mass is 19.1. The van der Waals surface area contributed by atoms with Crippen LogP contribution < -0.4 is 10.6 Å². The normalized spacial score (nSPS) is 15.9. The standard InChI is InChI=1S/C20H20FN3O4/c21-16-5-2-4-14(10-16)18(25)23-17-6-1-3-13(9-17)11-22-20(28)24-8-7-15(12-24)19(26)27/h1-6,9-10,15H,7-8,11-12H2,(H,22,28)(H,23,25)(H,26,27). The van der Waals surface area contributed by atoms with Crippen LogP contribution in [0.3, 0.4) is 0 Å².